The van der Waals surface area contributed by atoms with Gasteiger partial charge in [-0.15, -0.1) is 0 Å². The third-order valence-electron chi connectivity index (χ3n) is 3.37. The Hall–Kier alpha value is -1.96. The largest absolute Gasteiger partial charge is 0.319 e. The number of primary sulfonamides is 1. The van der Waals surface area contributed by atoms with Crippen molar-refractivity contribution in [3.8, 4) is 0 Å². The van der Waals surface area contributed by atoms with Crippen LogP contribution in [0.15, 0.2) is 35.2 Å². The zero-order valence-electron chi connectivity index (χ0n) is 12.4. The number of amides is 1. The van der Waals surface area contributed by atoms with Crippen molar-refractivity contribution in [1.82, 2.24) is 0 Å². The summed E-state index contributed by atoms with van der Waals surface area (Å²) in [4.78, 5) is 12.1. The molecule has 5 nitrogen and oxygen atoms in total. The van der Waals surface area contributed by atoms with Crippen LogP contribution in [-0.2, 0) is 10.0 Å². The molecule has 0 aliphatic heterocycles. The van der Waals surface area contributed by atoms with Gasteiger partial charge < -0.3 is 5.32 Å². The molecule has 2 aromatic carbocycles. The van der Waals surface area contributed by atoms with Crippen LogP contribution in [0.1, 0.15) is 21.5 Å². The van der Waals surface area contributed by atoms with Gasteiger partial charge in [-0.25, -0.2) is 17.9 Å². The first-order valence-electron chi connectivity index (χ1n) is 6.50. The molecule has 0 aliphatic carbocycles. The molecule has 0 saturated carbocycles. The van der Waals surface area contributed by atoms with Gasteiger partial charge in [-0.3, -0.25) is 4.79 Å². The Labute approximate surface area is 138 Å². The molecule has 2 rings (SSSR count). The average Bonchev–Trinajstić information content (AvgIpc) is 2.43. The SMILES string of the molecule is Cc1cc(C(=O)Nc2ccc(Cl)cc2F)cc(S(N)(=O)=O)c1C. The van der Waals surface area contributed by atoms with Gasteiger partial charge in [0.15, 0.2) is 0 Å². The zero-order chi connectivity index (χ0) is 17.4. The number of hydrogen-bond acceptors (Lipinski definition) is 3. The summed E-state index contributed by atoms with van der Waals surface area (Å²) in [5, 5.41) is 7.72. The fraction of sp³-hybridized carbons (Fsp3) is 0.133. The number of aryl methyl sites for hydroxylation is 1. The molecule has 2 aromatic rings. The highest BCUT2D eigenvalue weighted by Gasteiger charge is 2.18. The van der Waals surface area contributed by atoms with Gasteiger partial charge in [0.25, 0.3) is 5.91 Å². The fourth-order valence-electron chi connectivity index (χ4n) is 2.04. The van der Waals surface area contributed by atoms with Crippen LogP contribution >= 0.6 is 11.6 Å². The van der Waals surface area contributed by atoms with E-state index in [4.69, 9.17) is 16.7 Å². The number of anilines is 1. The quantitative estimate of drug-likeness (QED) is 0.885. The minimum absolute atomic E-state index is 0.0604. The summed E-state index contributed by atoms with van der Waals surface area (Å²) in [5.41, 5.74) is 1.04. The molecule has 8 heteroatoms. The third kappa shape index (κ3) is 3.87. The van der Waals surface area contributed by atoms with E-state index in [1.54, 1.807) is 13.8 Å². The molecule has 122 valence electrons. The van der Waals surface area contributed by atoms with Crippen molar-refractivity contribution in [2.75, 3.05) is 5.32 Å². The van der Waals surface area contributed by atoms with Gasteiger partial charge >= 0.3 is 0 Å². The summed E-state index contributed by atoms with van der Waals surface area (Å²) >= 11 is 5.65. The highest BCUT2D eigenvalue weighted by Crippen LogP contribution is 2.23. The molecule has 23 heavy (non-hydrogen) atoms. The second-order valence-corrected chi connectivity index (χ2v) is 7.01. The average molecular weight is 357 g/mol. The van der Waals surface area contributed by atoms with Crippen molar-refractivity contribution < 1.29 is 17.6 Å². The number of carbonyl (C=O) groups excluding carboxylic acids is 1. The summed E-state index contributed by atoms with van der Waals surface area (Å²) in [6.45, 7) is 3.25. The topological polar surface area (TPSA) is 89.3 Å². The Morgan fingerprint density at radius 3 is 2.43 bits per heavy atom. The Morgan fingerprint density at radius 2 is 1.87 bits per heavy atom. The maximum absolute atomic E-state index is 13.7. The van der Waals surface area contributed by atoms with Crippen molar-refractivity contribution in [3.63, 3.8) is 0 Å². The van der Waals surface area contributed by atoms with Crippen molar-refractivity contribution in [2.24, 2.45) is 5.14 Å². The molecule has 3 N–H and O–H groups in total. The summed E-state index contributed by atoms with van der Waals surface area (Å²) < 4.78 is 36.9. The molecule has 0 atom stereocenters. The standard InChI is InChI=1S/C15H14ClFN2O3S/c1-8-5-10(6-14(9(8)2)23(18,21)22)15(20)19-13-4-3-11(16)7-12(13)17/h3-7H,1-2H3,(H,19,20)(H2,18,21,22). The van der Waals surface area contributed by atoms with E-state index in [1.807, 2.05) is 0 Å². The van der Waals surface area contributed by atoms with Crippen LogP contribution in [0.5, 0.6) is 0 Å². The molecule has 0 bridgehead atoms. The molecule has 0 heterocycles. The molecule has 0 radical (unpaired) electrons. The van der Waals surface area contributed by atoms with E-state index >= 15 is 0 Å². The van der Waals surface area contributed by atoms with Crippen molar-refractivity contribution >= 4 is 33.2 Å². The number of benzene rings is 2. The van der Waals surface area contributed by atoms with E-state index in [0.717, 1.165) is 6.07 Å². The van der Waals surface area contributed by atoms with Crippen LogP contribution in [0.25, 0.3) is 0 Å². The molecule has 0 unspecified atom stereocenters. The number of nitrogens with two attached hydrogens (primary N) is 1. The number of carbonyl (C=O) groups is 1. The lowest BCUT2D eigenvalue weighted by molar-refractivity contribution is 0.102. The van der Waals surface area contributed by atoms with Gasteiger partial charge in [0.05, 0.1) is 10.6 Å². The fourth-order valence-corrected chi connectivity index (χ4v) is 3.08. The van der Waals surface area contributed by atoms with Gasteiger partial charge in [-0.1, -0.05) is 11.6 Å². The van der Waals surface area contributed by atoms with Crippen molar-refractivity contribution in [1.29, 1.82) is 0 Å². The normalized spacial score (nSPS) is 11.3. The minimum atomic E-state index is -3.97. The molecule has 0 aromatic heterocycles. The number of sulfonamides is 1. The van der Waals surface area contributed by atoms with E-state index in [9.17, 15) is 17.6 Å². The molecular weight excluding hydrogens is 343 g/mol. The summed E-state index contributed by atoms with van der Waals surface area (Å²) in [7, 11) is -3.97. The lowest BCUT2D eigenvalue weighted by Gasteiger charge is -2.11. The van der Waals surface area contributed by atoms with Crippen LogP contribution in [0, 0.1) is 19.7 Å². The maximum Gasteiger partial charge on any atom is 0.255 e. The predicted octanol–water partition coefficient (Wildman–Crippen LogP) is 3.00. The van der Waals surface area contributed by atoms with Crippen LogP contribution in [0.2, 0.25) is 5.02 Å². The molecular formula is C15H14ClFN2O3S. The first kappa shape index (κ1) is 17.4. The highest BCUT2D eigenvalue weighted by atomic mass is 35.5. The Balaban J connectivity index is 2.42. The van der Waals surface area contributed by atoms with Gasteiger partial charge in [-0.05, 0) is 55.3 Å². The second kappa shape index (κ2) is 6.27. The van der Waals surface area contributed by atoms with E-state index < -0.39 is 21.7 Å². The molecule has 0 fully saturated rings. The van der Waals surface area contributed by atoms with Gasteiger partial charge in [0.1, 0.15) is 5.82 Å². The van der Waals surface area contributed by atoms with Crippen LogP contribution in [-0.4, -0.2) is 14.3 Å². The van der Waals surface area contributed by atoms with E-state index in [0.29, 0.717) is 11.1 Å². The van der Waals surface area contributed by atoms with Gasteiger partial charge in [0, 0.05) is 10.6 Å². The summed E-state index contributed by atoms with van der Waals surface area (Å²) in [6, 6.07) is 6.48. The van der Waals surface area contributed by atoms with E-state index in [-0.39, 0.29) is 21.2 Å². The smallest absolute Gasteiger partial charge is 0.255 e. The number of halogens is 2. The first-order chi connectivity index (χ1) is 10.6. The van der Waals surface area contributed by atoms with Crippen molar-refractivity contribution in [3.05, 3.63) is 57.9 Å². The molecule has 0 aliphatic rings. The number of rotatable bonds is 3. The lowest BCUT2D eigenvalue weighted by Crippen LogP contribution is -2.18. The summed E-state index contributed by atoms with van der Waals surface area (Å²) in [6.07, 6.45) is 0. The van der Waals surface area contributed by atoms with Crippen LogP contribution in [0.3, 0.4) is 0 Å². The third-order valence-corrected chi connectivity index (χ3v) is 4.64. The first-order valence-corrected chi connectivity index (χ1v) is 8.42. The number of nitrogens with one attached hydrogen (secondary N) is 1. The maximum atomic E-state index is 13.7. The summed E-state index contributed by atoms with van der Waals surface area (Å²) in [5.74, 6) is -1.35. The lowest BCUT2D eigenvalue weighted by atomic mass is 10.1. The number of hydrogen-bond donors (Lipinski definition) is 2. The molecule has 0 spiro atoms. The van der Waals surface area contributed by atoms with Crippen LogP contribution in [0.4, 0.5) is 10.1 Å². The minimum Gasteiger partial charge on any atom is -0.319 e. The molecule has 0 saturated heterocycles. The second-order valence-electron chi connectivity index (χ2n) is 5.04. The van der Waals surface area contributed by atoms with Gasteiger partial charge in [0.2, 0.25) is 10.0 Å². The van der Waals surface area contributed by atoms with E-state index in [2.05, 4.69) is 5.32 Å². The Bertz CT molecular complexity index is 898. The van der Waals surface area contributed by atoms with Crippen molar-refractivity contribution in [2.45, 2.75) is 18.7 Å². The zero-order valence-corrected chi connectivity index (χ0v) is 13.9. The van der Waals surface area contributed by atoms with Gasteiger partial charge in [-0.2, -0.15) is 0 Å². The molecule has 1 amide bonds. The highest BCUT2D eigenvalue weighted by molar-refractivity contribution is 7.89. The Morgan fingerprint density at radius 1 is 1.22 bits per heavy atom. The predicted molar refractivity (Wildman–Crippen MR) is 86.7 cm³/mol. The monoisotopic (exact) mass is 356 g/mol. The Kier molecular flexibility index (Phi) is 4.74. The van der Waals surface area contributed by atoms with E-state index in [1.165, 1.54) is 24.3 Å². The van der Waals surface area contributed by atoms with Crippen LogP contribution < -0.4 is 10.5 Å².